The zero-order chi connectivity index (χ0) is 11.7. The van der Waals surface area contributed by atoms with Crippen molar-refractivity contribution in [3.8, 4) is 0 Å². The van der Waals surface area contributed by atoms with E-state index in [0.29, 0.717) is 11.1 Å². The smallest absolute Gasteiger partial charge is 0.266 e. The van der Waals surface area contributed by atoms with E-state index in [1.54, 1.807) is 24.3 Å². The average molecular weight is 219 g/mol. The Bertz CT molecular complexity index is 407. The summed E-state index contributed by atoms with van der Waals surface area (Å²) in [5.41, 5.74) is 0.826. The van der Waals surface area contributed by atoms with Crippen molar-refractivity contribution in [3.63, 3.8) is 0 Å². The van der Waals surface area contributed by atoms with Crippen molar-refractivity contribution >= 4 is 11.8 Å². The Balaban J connectivity index is 2.28. The predicted octanol–water partition coefficient (Wildman–Crippen LogP) is 2.01. The van der Waals surface area contributed by atoms with E-state index in [1.165, 1.54) is 0 Å². The van der Waals surface area contributed by atoms with Gasteiger partial charge in [0, 0.05) is 0 Å². The number of hydrogen-bond donors (Lipinski definition) is 0. The van der Waals surface area contributed by atoms with Crippen molar-refractivity contribution in [2.24, 2.45) is 0 Å². The molecule has 0 fully saturated rings. The van der Waals surface area contributed by atoms with Crippen LogP contribution >= 0.6 is 0 Å². The van der Waals surface area contributed by atoms with E-state index in [1.807, 2.05) is 13.8 Å². The molecular formula is C12H13NO3. The number of carbonyl (C=O) groups excluding carboxylic acids is 2. The second kappa shape index (κ2) is 4.06. The van der Waals surface area contributed by atoms with Crippen molar-refractivity contribution in [2.45, 2.75) is 26.4 Å². The van der Waals surface area contributed by atoms with Gasteiger partial charge in [0.2, 0.25) is 0 Å². The molecule has 1 aliphatic rings. The first-order chi connectivity index (χ1) is 7.65. The van der Waals surface area contributed by atoms with Crippen LogP contribution in [0.15, 0.2) is 24.3 Å². The zero-order valence-corrected chi connectivity index (χ0v) is 9.27. The summed E-state index contributed by atoms with van der Waals surface area (Å²) in [6.45, 7) is 3.76. The van der Waals surface area contributed by atoms with Crippen LogP contribution in [0, 0.1) is 0 Å². The molecule has 1 unspecified atom stereocenters. The van der Waals surface area contributed by atoms with Crippen molar-refractivity contribution in [3.05, 3.63) is 35.4 Å². The molecule has 84 valence electrons. The van der Waals surface area contributed by atoms with Crippen LogP contribution in [0.3, 0.4) is 0 Å². The molecule has 0 radical (unpaired) electrons. The number of fused-ring (bicyclic) bond motifs is 1. The van der Waals surface area contributed by atoms with Crippen molar-refractivity contribution in [1.82, 2.24) is 5.06 Å². The minimum Gasteiger partial charge on any atom is -0.266 e. The highest BCUT2D eigenvalue weighted by molar-refractivity contribution is 6.20. The van der Waals surface area contributed by atoms with Gasteiger partial charge in [-0.2, -0.15) is 0 Å². The first-order valence-electron chi connectivity index (χ1n) is 5.29. The van der Waals surface area contributed by atoms with Gasteiger partial charge in [-0.15, -0.1) is 5.06 Å². The number of rotatable bonds is 3. The maximum absolute atomic E-state index is 11.8. The predicted molar refractivity (Wildman–Crippen MR) is 57.8 cm³/mol. The highest BCUT2D eigenvalue weighted by atomic mass is 16.7. The molecule has 0 N–H and O–H groups in total. The molecule has 2 amide bonds. The van der Waals surface area contributed by atoms with Crippen LogP contribution < -0.4 is 0 Å². The van der Waals surface area contributed by atoms with Crippen LogP contribution in [-0.4, -0.2) is 23.0 Å². The molecule has 1 aromatic carbocycles. The zero-order valence-electron chi connectivity index (χ0n) is 9.27. The minimum absolute atomic E-state index is 0.151. The standard InChI is InChI=1S/C12H13NO3/c1-3-8(2)16-13-11(14)9-6-4-5-7-10(9)12(13)15/h4-8H,3H2,1-2H3. The molecule has 1 aliphatic heterocycles. The molecule has 4 heteroatoms. The monoisotopic (exact) mass is 219 g/mol. The van der Waals surface area contributed by atoms with Gasteiger partial charge < -0.3 is 0 Å². The van der Waals surface area contributed by atoms with Gasteiger partial charge in [-0.1, -0.05) is 19.1 Å². The van der Waals surface area contributed by atoms with E-state index in [4.69, 9.17) is 4.84 Å². The fraction of sp³-hybridized carbons (Fsp3) is 0.333. The summed E-state index contributed by atoms with van der Waals surface area (Å²) in [5, 5.41) is 0.860. The second-order valence-corrected chi connectivity index (χ2v) is 3.77. The highest BCUT2D eigenvalue weighted by Crippen LogP contribution is 2.23. The van der Waals surface area contributed by atoms with Crippen LogP contribution in [0.4, 0.5) is 0 Å². The first kappa shape index (κ1) is 10.8. The van der Waals surface area contributed by atoms with Gasteiger partial charge in [0.05, 0.1) is 17.2 Å². The van der Waals surface area contributed by atoms with Gasteiger partial charge in [0.15, 0.2) is 0 Å². The van der Waals surface area contributed by atoms with Crippen LogP contribution in [-0.2, 0) is 4.84 Å². The molecule has 4 nitrogen and oxygen atoms in total. The van der Waals surface area contributed by atoms with Crippen molar-refractivity contribution in [2.75, 3.05) is 0 Å². The summed E-state index contributed by atoms with van der Waals surface area (Å²) in [6, 6.07) is 6.73. The normalized spacial score (nSPS) is 16.5. The summed E-state index contributed by atoms with van der Waals surface area (Å²) in [6.07, 6.45) is 0.593. The van der Waals surface area contributed by atoms with E-state index in [9.17, 15) is 9.59 Å². The molecule has 16 heavy (non-hydrogen) atoms. The average Bonchev–Trinajstić information content (AvgIpc) is 2.55. The quantitative estimate of drug-likeness (QED) is 0.730. The first-order valence-corrected chi connectivity index (χ1v) is 5.29. The number of hydrogen-bond acceptors (Lipinski definition) is 3. The molecule has 2 rings (SSSR count). The maximum Gasteiger partial charge on any atom is 0.285 e. The van der Waals surface area contributed by atoms with Gasteiger partial charge in [-0.25, -0.2) is 0 Å². The summed E-state index contributed by atoms with van der Waals surface area (Å²) in [7, 11) is 0. The van der Waals surface area contributed by atoms with Crippen LogP contribution in [0.25, 0.3) is 0 Å². The number of benzene rings is 1. The number of imide groups is 1. The van der Waals surface area contributed by atoms with Crippen molar-refractivity contribution in [1.29, 1.82) is 0 Å². The van der Waals surface area contributed by atoms with Gasteiger partial charge in [0.25, 0.3) is 11.8 Å². The van der Waals surface area contributed by atoms with Crippen LogP contribution in [0.2, 0.25) is 0 Å². The lowest BCUT2D eigenvalue weighted by Gasteiger charge is -2.17. The Morgan fingerprint density at radius 1 is 1.19 bits per heavy atom. The maximum atomic E-state index is 11.8. The lowest BCUT2D eigenvalue weighted by Crippen LogP contribution is -2.33. The van der Waals surface area contributed by atoms with Crippen molar-refractivity contribution < 1.29 is 14.4 Å². The minimum atomic E-state index is -0.374. The van der Waals surface area contributed by atoms with E-state index >= 15 is 0 Å². The third-order valence-corrected chi connectivity index (χ3v) is 2.62. The SMILES string of the molecule is CCC(C)ON1C(=O)c2ccccc2C1=O. The summed E-state index contributed by atoms with van der Waals surface area (Å²) in [4.78, 5) is 29.0. The second-order valence-electron chi connectivity index (χ2n) is 3.77. The Morgan fingerprint density at radius 3 is 2.12 bits per heavy atom. The largest absolute Gasteiger partial charge is 0.285 e. The van der Waals surface area contributed by atoms with E-state index in [0.717, 1.165) is 11.5 Å². The lowest BCUT2D eigenvalue weighted by molar-refractivity contribution is -0.126. The molecule has 0 saturated heterocycles. The lowest BCUT2D eigenvalue weighted by atomic mass is 10.1. The van der Waals surface area contributed by atoms with E-state index in [-0.39, 0.29) is 17.9 Å². The molecule has 0 saturated carbocycles. The Labute approximate surface area is 93.8 Å². The Kier molecular flexibility index (Phi) is 2.75. The molecule has 1 aromatic rings. The highest BCUT2D eigenvalue weighted by Gasteiger charge is 2.37. The summed E-state index contributed by atoms with van der Waals surface area (Å²) < 4.78 is 0. The van der Waals surface area contributed by atoms with E-state index in [2.05, 4.69) is 0 Å². The van der Waals surface area contributed by atoms with Crippen LogP contribution in [0.5, 0.6) is 0 Å². The van der Waals surface area contributed by atoms with Gasteiger partial charge in [-0.3, -0.25) is 14.4 Å². The molecule has 0 spiro atoms. The fourth-order valence-electron chi connectivity index (χ4n) is 1.52. The number of carbonyl (C=O) groups is 2. The van der Waals surface area contributed by atoms with Gasteiger partial charge in [0.1, 0.15) is 0 Å². The molecular weight excluding hydrogens is 206 g/mol. The Morgan fingerprint density at radius 2 is 1.69 bits per heavy atom. The molecule has 1 atom stereocenters. The molecule has 0 aliphatic carbocycles. The summed E-state index contributed by atoms with van der Waals surface area (Å²) >= 11 is 0. The fourth-order valence-corrected chi connectivity index (χ4v) is 1.52. The molecule has 0 aromatic heterocycles. The third kappa shape index (κ3) is 1.61. The number of nitrogens with zero attached hydrogens (tertiary/aromatic N) is 1. The van der Waals surface area contributed by atoms with E-state index < -0.39 is 0 Å². The van der Waals surface area contributed by atoms with Gasteiger partial charge >= 0.3 is 0 Å². The molecule has 1 heterocycles. The third-order valence-electron chi connectivity index (χ3n) is 2.62. The molecule has 0 bridgehead atoms. The van der Waals surface area contributed by atoms with Gasteiger partial charge in [-0.05, 0) is 25.5 Å². The topological polar surface area (TPSA) is 46.6 Å². The summed E-state index contributed by atoms with van der Waals surface area (Å²) in [5.74, 6) is -0.748. The number of hydroxylamine groups is 2. The number of amides is 2. The van der Waals surface area contributed by atoms with Crippen LogP contribution in [0.1, 0.15) is 41.0 Å². The Hall–Kier alpha value is -1.68.